The highest BCUT2D eigenvalue weighted by molar-refractivity contribution is 6.39. The van der Waals surface area contributed by atoms with E-state index in [0.29, 0.717) is 31.8 Å². The van der Waals surface area contributed by atoms with E-state index in [9.17, 15) is 14.4 Å². The maximum absolute atomic E-state index is 12.9. The van der Waals surface area contributed by atoms with Gasteiger partial charge >= 0.3 is 0 Å². The van der Waals surface area contributed by atoms with Crippen LogP contribution in [0.4, 0.5) is 0 Å². The Hall–Kier alpha value is -2.70. The highest BCUT2D eigenvalue weighted by Gasteiger charge is 2.28. The van der Waals surface area contributed by atoms with Crippen molar-refractivity contribution in [1.29, 1.82) is 0 Å². The molecule has 7 heteroatoms. The summed E-state index contributed by atoms with van der Waals surface area (Å²) in [6.45, 7) is 5.35. The molecule has 146 valence electrons. The molecule has 0 radical (unpaired) electrons. The van der Waals surface area contributed by atoms with Crippen molar-refractivity contribution in [3.05, 3.63) is 35.9 Å². The number of rotatable bonds is 9. The Morgan fingerprint density at radius 3 is 2.56 bits per heavy atom. The molecule has 1 aliphatic rings. The summed E-state index contributed by atoms with van der Waals surface area (Å²) in [6, 6.07) is 9.54. The van der Waals surface area contributed by atoms with Crippen molar-refractivity contribution >= 4 is 23.4 Å². The van der Waals surface area contributed by atoms with Gasteiger partial charge in [-0.3, -0.25) is 14.4 Å². The topological polar surface area (TPSA) is 82.1 Å². The average molecular weight is 372 g/mol. The van der Waals surface area contributed by atoms with Gasteiger partial charge in [0.15, 0.2) is 0 Å². The summed E-state index contributed by atoms with van der Waals surface area (Å²) in [7, 11) is 0. The fraction of sp³-hybridized carbons (Fsp3) is 0.500. The minimum absolute atomic E-state index is 0.0122. The van der Waals surface area contributed by atoms with Gasteiger partial charge in [-0.05, 0) is 18.4 Å². The summed E-state index contributed by atoms with van der Waals surface area (Å²) in [5.74, 6) is -0.542. The second kappa shape index (κ2) is 10.4. The highest BCUT2D eigenvalue weighted by Crippen LogP contribution is 2.15. The van der Waals surface area contributed by atoms with Gasteiger partial charge in [-0.15, -0.1) is 0 Å². The Labute approximate surface area is 160 Å². The number of nitrogens with one attached hydrogen (secondary N) is 1. The standard InChI is InChI=1S/C20H28N4O3/c1-3-12-21-18(25)15-23(13-4-2)20(27)17-10-11-19(26)24(22-17)14-16-8-6-5-7-9-16/h5-9H,3-4,10-15H2,1-2H3,(H,21,25). The third-order valence-corrected chi connectivity index (χ3v) is 4.21. The zero-order valence-electron chi connectivity index (χ0n) is 16.1. The molecule has 0 unspecified atom stereocenters. The summed E-state index contributed by atoms with van der Waals surface area (Å²) >= 11 is 0. The minimum atomic E-state index is -0.269. The molecule has 0 atom stereocenters. The Morgan fingerprint density at radius 2 is 1.89 bits per heavy atom. The smallest absolute Gasteiger partial charge is 0.270 e. The summed E-state index contributed by atoms with van der Waals surface area (Å²) in [4.78, 5) is 38.6. The van der Waals surface area contributed by atoms with Crippen molar-refractivity contribution in [3.8, 4) is 0 Å². The quantitative estimate of drug-likeness (QED) is 0.719. The van der Waals surface area contributed by atoms with Gasteiger partial charge < -0.3 is 10.2 Å². The lowest BCUT2D eigenvalue weighted by atomic mass is 10.1. The van der Waals surface area contributed by atoms with Crippen LogP contribution in [0, 0.1) is 0 Å². The van der Waals surface area contributed by atoms with Crippen molar-refractivity contribution in [2.75, 3.05) is 19.6 Å². The molecule has 0 aliphatic carbocycles. The van der Waals surface area contributed by atoms with Crippen molar-refractivity contribution in [2.45, 2.75) is 46.1 Å². The predicted octanol–water partition coefficient (Wildman–Crippen LogP) is 1.93. The van der Waals surface area contributed by atoms with Crippen LogP contribution in [0.3, 0.4) is 0 Å². The molecule has 0 aromatic heterocycles. The van der Waals surface area contributed by atoms with Gasteiger partial charge in [0, 0.05) is 25.9 Å². The SMILES string of the molecule is CCCNC(=O)CN(CCC)C(=O)C1=NN(Cc2ccccc2)C(=O)CC1. The highest BCUT2D eigenvalue weighted by atomic mass is 16.2. The maximum atomic E-state index is 12.9. The number of hydrazone groups is 1. The first-order valence-electron chi connectivity index (χ1n) is 9.52. The fourth-order valence-electron chi connectivity index (χ4n) is 2.83. The number of hydrogen-bond acceptors (Lipinski definition) is 4. The van der Waals surface area contributed by atoms with Crippen molar-refractivity contribution in [2.24, 2.45) is 5.10 Å². The number of hydrogen-bond donors (Lipinski definition) is 1. The number of benzene rings is 1. The molecular formula is C20H28N4O3. The van der Waals surface area contributed by atoms with E-state index in [-0.39, 0.29) is 30.7 Å². The van der Waals surface area contributed by atoms with E-state index < -0.39 is 0 Å². The molecule has 0 saturated heterocycles. The molecule has 1 heterocycles. The van der Waals surface area contributed by atoms with E-state index in [2.05, 4.69) is 10.4 Å². The molecule has 7 nitrogen and oxygen atoms in total. The second-order valence-electron chi connectivity index (χ2n) is 6.56. The Bertz CT molecular complexity index is 688. The molecule has 2 rings (SSSR count). The summed E-state index contributed by atoms with van der Waals surface area (Å²) in [6.07, 6.45) is 2.14. The summed E-state index contributed by atoms with van der Waals surface area (Å²) < 4.78 is 0. The second-order valence-corrected chi connectivity index (χ2v) is 6.56. The van der Waals surface area contributed by atoms with Gasteiger partial charge in [0.1, 0.15) is 5.71 Å². The summed E-state index contributed by atoms with van der Waals surface area (Å²) in [5, 5.41) is 8.45. The first-order valence-corrected chi connectivity index (χ1v) is 9.52. The van der Waals surface area contributed by atoms with Crippen molar-refractivity contribution in [3.63, 3.8) is 0 Å². The lowest BCUT2D eigenvalue weighted by molar-refractivity contribution is -0.134. The molecule has 0 saturated carbocycles. The largest absolute Gasteiger partial charge is 0.355 e. The van der Waals surface area contributed by atoms with E-state index in [4.69, 9.17) is 0 Å². The fourth-order valence-corrected chi connectivity index (χ4v) is 2.83. The van der Waals surface area contributed by atoms with Crippen LogP contribution < -0.4 is 5.32 Å². The Morgan fingerprint density at radius 1 is 1.15 bits per heavy atom. The summed E-state index contributed by atoms with van der Waals surface area (Å²) in [5.41, 5.74) is 1.29. The number of carbonyl (C=O) groups is 3. The van der Waals surface area contributed by atoms with Gasteiger partial charge in [0.05, 0.1) is 13.1 Å². The van der Waals surface area contributed by atoms with Crippen LogP contribution in [0.1, 0.15) is 45.1 Å². The van der Waals surface area contributed by atoms with Crippen LogP contribution in [0.15, 0.2) is 35.4 Å². The van der Waals surface area contributed by atoms with E-state index >= 15 is 0 Å². The molecule has 1 aromatic carbocycles. The normalized spacial score (nSPS) is 13.9. The Kier molecular flexibility index (Phi) is 7.98. The zero-order chi connectivity index (χ0) is 19.6. The Balaban J connectivity index is 2.09. The van der Waals surface area contributed by atoms with E-state index in [1.165, 1.54) is 9.91 Å². The first kappa shape index (κ1) is 20.6. The molecule has 0 bridgehead atoms. The van der Waals surface area contributed by atoms with Crippen LogP contribution >= 0.6 is 0 Å². The molecule has 27 heavy (non-hydrogen) atoms. The van der Waals surface area contributed by atoms with Crippen molar-refractivity contribution < 1.29 is 14.4 Å². The predicted molar refractivity (Wildman–Crippen MR) is 104 cm³/mol. The van der Waals surface area contributed by atoms with Crippen LogP contribution in [-0.2, 0) is 20.9 Å². The third-order valence-electron chi connectivity index (χ3n) is 4.21. The molecule has 1 aromatic rings. The molecule has 3 amide bonds. The first-order chi connectivity index (χ1) is 13.0. The monoisotopic (exact) mass is 372 g/mol. The molecule has 1 aliphatic heterocycles. The lowest BCUT2D eigenvalue weighted by Gasteiger charge is -2.27. The van der Waals surface area contributed by atoms with Crippen LogP contribution in [0.5, 0.6) is 0 Å². The molecule has 0 fully saturated rings. The van der Waals surface area contributed by atoms with E-state index in [1.807, 2.05) is 44.2 Å². The number of nitrogens with zero attached hydrogens (tertiary/aromatic N) is 3. The molecule has 0 spiro atoms. The third kappa shape index (κ3) is 6.20. The van der Waals surface area contributed by atoms with Gasteiger partial charge in [0.25, 0.3) is 5.91 Å². The zero-order valence-corrected chi connectivity index (χ0v) is 16.1. The number of amides is 3. The maximum Gasteiger partial charge on any atom is 0.270 e. The average Bonchev–Trinajstić information content (AvgIpc) is 2.68. The van der Waals surface area contributed by atoms with Crippen molar-refractivity contribution in [1.82, 2.24) is 15.2 Å². The lowest BCUT2D eigenvalue weighted by Crippen LogP contribution is -2.46. The molecular weight excluding hydrogens is 344 g/mol. The van der Waals surface area contributed by atoms with Gasteiger partial charge in [-0.2, -0.15) is 5.10 Å². The number of carbonyl (C=O) groups excluding carboxylic acids is 3. The van der Waals surface area contributed by atoms with E-state index in [1.54, 1.807) is 0 Å². The van der Waals surface area contributed by atoms with Gasteiger partial charge in [-0.1, -0.05) is 44.2 Å². The van der Waals surface area contributed by atoms with Gasteiger partial charge in [-0.25, -0.2) is 5.01 Å². The van der Waals surface area contributed by atoms with E-state index in [0.717, 1.165) is 18.4 Å². The van der Waals surface area contributed by atoms with Gasteiger partial charge in [0.2, 0.25) is 11.8 Å². The van der Waals surface area contributed by atoms with Crippen LogP contribution in [-0.4, -0.2) is 53.0 Å². The van der Waals surface area contributed by atoms with Crippen LogP contribution in [0.25, 0.3) is 0 Å². The van der Waals surface area contributed by atoms with Crippen LogP contribution in [0.2, 0.25) is 0 Å². The molecule has 1 N–H and O–H groups in total. The minimum Gasteiger partial charge on any atom is -0.355 e.